The van der Waals surface area contributed by atoms with Crippen LogP contribution in [0.2, 0.25) is 0 Å². The molecular formula is C5H2ClF9O2S. The molecule has 0 rings (SSSR count). The van der Waals surface area contributed by atoms with Crippen LogP contribution in [0.3, 0.4) is 0 Å². The molecule has 0 unspecified atom stereocenters. The van der Waals surface area contributed by atoms with Gasteiger partial charge in [-0.05, 0) is 0 Å². The van der Waals surface area contributed by atoms with E-state index in [1.807, 2.05) is 0 Å². The molecule has 0 amide bonds. The number of hydrogen-bond acceptors (Lipinski definition) is 2. The Kier molecular flexibility index (Phi) is 4.23. The molecular weight excluding hydrogens is 331 g/mol. The van der Waals surface area contributed by atoms with E-state index in [9.17, 15) is 47.9 Å². The van der Waals surface area contributed by atoms with Crippen LogP contribution in [0.1, 0.15) is 0 Å². The van der Waals surface area contributed by atoms with Gasteiger partial charge in [-0.25, -0.2) is 8.42 Å². The van der Waals surface area contributed by atoms with Gasteiger partial charge in [0.15, 0.2) is 0 Å². The average molecular weight is 333 g/mol. The second-order valence-electron chi connectivity index (χ2n) is 2.89. The Morgan fingerprint density at radius 3 is 1.33 bits per heavy atom. The van der Waals surface area contributed by atoms with Crippen LogP contribution in [0.4, 0.5) is 39.5 Å². The highest BCUT2D eigenvalue weighted by molar-refractivity contribution is 7.93. The smallest absolute Gasteiger partial charge is 0.221 e. The maximum absolute atomic E-state index is 12.6. The highest BCUT2D eigenvalue weighted by Gasteiger charge is 2.85. The molecule has 0 saturated carbocycles. The van der Waals surface area contributed by atoms with Crippen LogP contribution < -0.4 is 0 Å². The molecule has 0 aromatic rings. The SMILES string of the molecule is O=S(=O)(CCl)C(F)(F)C(F)(F)C(F)(F)C(F)(F)F. The fourth-order valence-corrected chi connectivity index (χ4v) is 1.69. The minimum atomic E-state index is -7.25. The van der Waals surface area contributed by atoms with E-state index in [-0.39, 0.29) is 0 Å². The van der Waals surface area contributed by atoms with E-state index in [1.54, 1.807) is 0 Å². The molecule has 0 bridgehead atoms. The predicted molar refractivity (Wildman–Crippen MR) is 40.5 cm³/mol. The minimum Gasteiger partial charge on any atom is -0.221 e. The van der Waals surface area contributed by atoms with Crippen LogP contribution in [-0.2, 0) is 9.84 Å². The first-order valence-electron chi connectivity index (χ1n) is 3.54. The van der Waals surface area contributed by atoms with Gasteiger partial charge >= 0.3 is 23.3 Å². The van der Waals surface area contributed by atoms with Gasteiger partial charge in [-0.15, -0.1) is 11.6 Å². The first-order chi connectivity index (χ1) is 7.56. The fraction of sp³-hybridized carbons (Fsp3) is 1.00. The van der Waals surface area contributed by atoms with Crippen molar-refractivity contribution in [2.24, 2.45) is 0 Å². The van der Waals surface area contributed by atoms with Crippen molar-refractivity contribution in [2.75, 3.05) is 5.21 Å². The molecule has 2 nitrogen and oxygen atoms in total. The summed E-state index contributed by atoms with van der Waals surface area (Å²) in [5.74, 6) is -14.4. The van der Waals surface area contributed by atoms with E-state index in [0.717, 1.165) is 0 Å². The lowest BCUT2D eigenvalue weighted by molar-refractivity contribution is -0.382. The van der Waals surface area contributed by atoms with Crippen molar-refractivity contribution < 1.29 is 47.9 Å². The Bertz CT molecular complexity index is 411. The van der Waals surface area contributed by atoms with Crippen molar-refractivity contribution in [3.8, 4) is 0 Å². The number of sulfone groups is 1. The molecule has 18 heavy (non-hydrogen) atoms. The van der Waals surface area contributed by atoms with Crippen molar-refractivity contribution in [3.05, 3.63) is 0 Å². The topological polar surface area (TPSA) is 34.1 Å². The molecule has 0 N–H and O–H groups in total. The van der Waals surface area contributed by atoms with Gasteiger partial charge in [0.2, 0.25) is 9.84 Å². The van der Waals surface area contributed by atoms with Crippen LogP contribution in [0.5, 0.6) is 0 Å². The lowest BCUT2D eigenvalue weighted by Gasteiger charge is -2.32. The number of alkyl halides is 10. The van der Waals surface area contributed by atoms with Crippen molar-refractivity contribution >= 4 is 21.4 Å². The zero-order chi connectivity index (χ0) is 15.2. The van der Waals surface area contributed by atoms with Crippen LogP contribution in [-0.4, -0.2) is 36.9 Å². The normalized spacial score (nSPS) is 15.9. The molecule has 0 aliphatic heterocycles. The molecule has 0 fully saturated rings. The van der Waals surface area contributed by atoms with Gasteiger partial charge in [-0.2, -0.15) is 39.5 Å². The molecule has 0 radical (unpaired) electrons. The van der Waals surface area contributed by atoms with E-state index in [2.05, 4.69) is 11.6 Å². The molecule has 0 spiro atoms. The lowest BCUT2D eigenvalue weighted by Crippen LogP contribution is -2.63. The van der Waals surface area contributed by atoms with Gasteiger partial charge in [-0.1, -0.05) is 0 Å². The van der Waals surface area contributed by atoms with Crippen LogP contribution in [0.15, 0.2) is 0 Å². The van der Waals surface area contributed by atoms with Gasteiger partial charge in [0, 0.05) is 0 Å². The summed E-state index contributed by atoms with van der Waals surface area (Å²) in [6, 6.07) is 0. The summed E-state index contributed by atoms with van der Waals surface area (Å²) in [6.45, 7) is 0. The Labute approximate surface area is 98.6 Å². The maximum Gasteiger partial charge on any atom is 0.460 e. The van der Waals surface area contributed by atoms with Crippen molar-refractivity contribution in [2.45, 2.75) is 23.3 Å². The zero-order valence-corrected chi connectivity index (χ0v) is 9.28. The summed E-state index contributed by atoms with van der Waals surface area (Å²) in [5, 5.41) is -8.94. The Morgan fingerprint density at radius 2 is 1.11 bits per heavy atom. The van der Waals surface area contributed by atoms with Crippen molar-refractivity contribution in [1.82, 2.24) is 0 Å². The monoisotopic (exact) mass is 332 g/mol. The number of rotatable bonds is 4. The quantitative estimate of drug-likeness (QED) is 0.586. The first-order valence-corrected chi connectivity index (χ1v) is 5.73. The molecule has 0 aliphatic rings. The maximum atomic E-state index is 12.6. The highest BCUT2D eigenvalue weighted by atomic mass is 35.5. The molecule has 0 saturated heterocycles. The van der Waals surface area contributed by atoms with Gasteiger partial charge in [0.05, 0.1) is 0 Å². The third kappa shape index (κ3) is 2.24. The molecule has 0 aliphatic carbocycles. The predicted octanol–water partition coefficient (Wildman–Crippen LogP) is 3.02. The second kappa shape index (κ2) is 4.32. The minimum absolute atomic E-state index is 2.26. The fourth-order valence-electron chi connectivity index (χ4n) is 0.625. The summed E-state index contributed by atoms with van der Waals surface area (Å²) >= 11 is 4.32. The lowest BCUT2D eigenvalue weighted by atomic mass is 10.1. The zero-order valence-electron chi connectivity index (χ0n) is 7.71. The molecule has 0 aromatic heterocycles. The van der Waals surface area contributed by atoms with Gasteiger partial charge in [0.25, 0.3) is 0 Å². The second-order valence-corrected chi connectivity index (χ2v) is 5.50. The van der Waals surface area contributed by atoms with E-state index < -0.39 is 38.3 Å². The summed E-state index contributed by atoms with van der Waals surface area (Å²) in [6.07, 6.45) is -7.07. The number of hydrogen-bond donors (Lipinski definition) is 0. The third-order valence-corrected chi connectivity index (χ3v) is 3.84. The number of halogens is 10. The Balaban J connectivity index is 5.96. The van der Waals surface area contributed by atoms with E-state index >= 15 is 0 Å². The average Bonchev–Trinajstić information content (AvgIpc) is 2.15. The third-order valence-electron chi connectivity index (χ3n) is 1.65. The van der Waals surface area contributed by atoms with Crippen LogP contribution >= 0.6 is 11.6 Å². The Hall–Kier alpha value is -0.390. The molecule has 0 heterocycles. The largest absolute Gasteiger partial charge is 0.460 e. The van der Waals surface area contributed by atoms with Crippen LogP contribution in [0.25, 0.3) is 0 Å². The summed E-state index contributed by atoms with van der Waals surface area (Å²) in [4.78, 5) is 0. The van der Waals surface area contributed by atoms with Gasteiger partial charge in [-0.3, -0.25) is 0 Å². The summed E-state index contributed by atoms with van der Waals surface area (Å²) < 4.78 is 130. The van der Waals surface area contributed by atoms with E-state index in [4.69, 9.17) is 0 Å². The Morgan fingerprint density at radius 1 is 0.778 bits per heavy atom. The molecule has 0 atom stereocenters. The molecule has 0 aromatic carbocycles. The first kappa shape index (κ1) is 17.6. The van der Waals surface area contributed by atoms with E-state index in [0.29, 0.717) is 0 Å². The van der Waals surface area contributed by atoms with E-state index in [1.165, 1.54) is 0 Å². The highest BCUT2D eigenvalue weighted by Crippen LogP contribution is 2.54. The van der Waals surface area contributed by atoms with Crippen molar-refractivity contribution in [3.63, 3.8) is 0 Å². The van der Waals surface area contributed by atoms with Gasteiger partial charge < -0.3 is 0 Å². The van der Waals surface area contributed by atoms with Gasteiger partial charge in [0.1, 0.15) is 5.21 Å². The van der Waals surface area contributed by atoms with Crippen molar-refractivity contribution in [1.29, 1.82) is 0 Å². The standard InChI is InChI=1S/C5H2ClF9O2S/c6-1-18(16,17)5(14,15)3(9,10)2(7,8)4(11,12)13/h1H2. The molecule has 13 heteroatoms. The molecule has 110 valence electrons. The summed E-state index contributed by atoms with van der Waals surface area (Å²) in [5.41, 5.74) is 0. The van der Waals surface area contributed by atoms with Crippen LogP contribution in [0, 0.1) is 0 Å². The summed E-state index contributed by atoms with van der Waals surface area (Å²) in [7, 11) is -6.40.